The van der Waals surface area contributed by atoms with Gasteiger partial charge in [-0.15, -0.1) is 0 Å². The Bertz CT molecular complexity index is 2210. The average molecular weight is 813 g/mol. The van der Waals surface area contributed by atoms with Gasteiger partial charge in [-0.05, 0) is 90.4 Å². The van der Waals surface area contributed by atoms with Crippen LogP contribution in [0.15, 0.2) is 103 Å². The highest BCUT2D eigenvalue weighted by Gasteiger charge is 2.37. The molecule has 3 aliphatic heterocycles. The van der Waals surface area contributed by atoms with Crippen LogP contribution in [0.1, 0.15) is 68.5 Å². The fourth-order valence-electron chi connectivity index (χ4n) is 7.88. The van der Waals surface area contributed by atoms with Crippen LogP contribution in [0, 0.1) is 5.92 Å². The van der Waals surface area contributed by atoms with Crippen LogP contribution in [0.5, 0.6) is 17.2 Å². The molecule has 1 amide bonds. The summed E-state index contributed by atoms with van der Waals surface area (Å²) in [6, 6.07) is 27.0. The second-order valence-corrected chi connectivity index (χ2v) is 15.1. The molecule has 2 bridgehead atoms. The number of nitrogens with one attached hydrogen (secondary N) is 1. The van der Waals surface area contributed by atoms with Gasteiger partial charge < -0.3 is 34.2 Å². The predicted molar refractivity (Wildman–Crippen MR) is 211 cm³/mol. The van der Waals surface area contributed by atoms with Crippen molar-refractivity contribution in [2.45, 2.75) is 43.9 Å². The Kier molecular flexibility index (Phi) is 12.4. The zero-order valence-corrected chi connectivity index (χ0v) is 33.0. The number of aromatic nitrogens is 1. The standard InChI is InChI=1S/C44H43Cl2N3O8/c1-54-39-14-12-30(21-40(39)55-2)34(22-36-37(45)23-49(53)24-38(36)46)35-19-27(11-13-33(35)43(50)51)26-56-32-10-6-9-31(20-32)42(29-7-4-3-5-8-29)47-44(52)57-41-25-48-17-15-28(41)16-18-48/h3-14,19-21,23-24,28,34,41-42H,15-18,22,25-26H2,1-2H3,(H2-,47,50,51,52,53)/t34-,41-,42-/m0/s1. The number of piperidine rings is 3. The van der Waals surface area contributed by atoms with E-state index < -0.39 is 24.0 Å². The zero-order chi connectivity index (χ0) is 40.1. The normalized spacial score (nSPS) is 18.3. The highest BCUT2D eigenvalue weighted by molar-refractivity contribution is 6.35. The molecule has 1 aromatic heterocycles. The SMILES string of the molecule is COc1ccc([C@H](Cc2c(Cl)c[n+](O)cc2Cl)c2cc(COc3cccc([C@@H](NC(=O)O[C@H]4CN5CCC4CC5)c4ccccc4)c3)ccc2C(=O)[O-])cc1OC. The second-order valence-electron chi connectivity index (χ2n) is 14.3. The molecule has 8 rings (SSSR count). The van der Waals surface area contributed by atoms with Crippen LogP contribution in [-0.4, -0.2) is 62.1 Å². The summed E-state index contributed by atoms with van der Waals surface area (Å²) in [5.74, 6) is -0.112. The van der Waals surface area contributed by atoms with Gasteiger partial charge in [0.25, 0.3) is 0 Å². The number of nitrogens with zero attached hydrogens (tertiary/aromatic N) is 2. The summed E-state index contributed by atoms with van der Waals surface area (Å²) in [6.45, 7) is 2.95. The van der Waals surface area contributed by atoms with E-state index in [4.69, 9.17) is 42.1 Å². The van der Waals surface area contributed by atoms with Gasteiger partial charge in [-0.2, -0.15) is 0 Å². The Hall–Kier alpha value is -5.49. The topological polar surface area (TPSA) is 134 Å². The number of ether oxygens (including phenoxy) is 4. The largest absolute Gasteiger partial charge is 0.545 e. The monoisotopic (exact) mass is 811 g/mol. The number of hydrogen-bond acceptors (Lipinski definition) is 9. The van der Waals surface area contributed by atoms with Crippen LogP contribution in [0.3, 0.4) is 0 Å². The van der Waals surface area contributed by atoms with Crippen LogP contribution >= 0.6 is 23.2 Å². The first-order valence-corrected chi connectivity index (χ1v) is 19.5. The molecule has 0 unspecified atom stereocenters. The number of rotatable bonds is 14. The molecule has 2 N–H and O–H groups in total. The van der Waals surface area contributed by atoms with Crippen molar-refractivity contribution in [3.05, 3.63) is 152 Å². The van der Waals surface area contributed by atoms with Crippen molar-refractivity contribution in [2.24, 2.45) is 5.92 Å². The summed E-state index contributed by atoms with van der Waals surface area (Å²) in [5, 5.41) is 26.2. The summed E-state index contributed by atoms with van der Waals surface area (Å²) in [4.78, 5) is 28.3. The van der Waals surface area contributed by atoms with Crippen LogP contribution in [0.4, 0.5) is 4.79 Å². The lowest BCUT2D eigenvalue weighted by Gasteiger charge is -2.43. The van der Waals surface area contributed by atoms with E-state index in [9.17, 15) is 19.9 Å². The summed E-state index contributed by atoms with van der Waals surface area (Å²) < 4.78 is 24.1. The molecule has 11 nitrogen and oxygen atoms in total. The summed E-state index contributed by atoms with van der Waals surface area (Å²) >= 11 is 13.2. The molecule has 0 spiro atoms. The summed E-state index contributed by atoms with van der Waals surface area (Å²) in [6.07, 6.45) is 4.26. The molecule has 4 heterocycles. The average Bonchev–Trinajstić information content (AvgIpc) is 3.22. The number of hydrogen-bond donors (Lipinski definition) is 2. The van der Waals surface area contributed by atoms with Crippen LogP contribution in [-0.2, 0) is 17.8 Å². The molecule has 3 atom stereocenters. The maximum Gasteiger partial charge on any atom is 0.408 e. The van der Waals surface area contributed by atoms with Gasteiger partial charge in [0.1, 0.15) is 28.5 Å². The third-order valence-electron chi connectivity index (χ3n) is 10.8. The van der Waals surface area contributed by atoms with E-state index in [0.29, 0.717) is 45.4 Å². The van der Waals surface area contributed by atoms with Crippen LogP contribution in [0.2, 0.25) is 10.0 Å². The minimum absolute atomic E-state index is 0.0252. The van der Waals surface area contributed by atoms with Crippen molar-refractivity contribution < 1.29 is 43.6 Å². The minimum Gasteiger partial charge on any atom is -0.545 e. The predicted octanol–water partition coefficient (Wildman–Crippen LogP) is 6.76. The fourth-order valence-corrected chi connectivity index (χ4v) is 8.49. The summed E-state index contributed by atoms with van der Waals surface area (Å²) in [5.41, 5.74) is 3.97. The summed E-state index contributed by atoms with van der Waals surface area (Å²) in [7, 11) is 3.05. The maximum atomic E-state index is 13.4. The Balaban J connectivity index is 1.17. The number of pyridine rings is 1. The highest BCUT2D eigenvalue weighted by Crippen LogP contribution is 2.39. The number of halogens is 2. The number of methoxy groups -OCH3 is 2. The lowest BCUT2D eigenvalue weighted by atomic mass is 9.82. The molecule has 3 aliphatic rings. The first-order valence-electron chi connectivity index (χ1n) is 18.7. The Morgan fingerprint density at radius 3 is 2.26 bits per heavy atom. The Morgan fingerprint density at radius 2 is 1.60 bits per heavy atom. The van der Waals surface area contributed by atoms with Crippen molar-refractivity contribution in [3.8, 4) is 17.2 Å². The van der Waals surface area contributed by atoms with Gasteiger partial charge in [0.2, 0.25) is 12.4 Å². The van der Waals surface area contributed by atoms with E-state index >= 15 is 0 Å². The molecule has 5 aromatic rings. The molecule has 0 radical (unpaired) electrons. The van der Waals surface area contributed by atoms with Crippen molar-refractivity contribution in [1.29, 1.82) is 0 Å². The van der Waals surface area contributed by atoms with Gasteiger partial charge in [-0.3, -0.25) is 10.1 Å². The Labute approximate surface area is 341 Å². The van der Waals surface area contributed by atoms with E-state index in [2.05, 4.69) is 10.2 Å². The number of carboxylic acids is 1. The fraction of sp³-hybridized carbons (Fsp3) is 0.295. The van der Waals surface area contributed by atoms with Gasteiger partial charge in [0.15, 0.2) is 11.5 Å². The van der Waals surface area contributed by atoms with Crippen LogP contribution in [0.25, 0.3) is 0 Å². The first-order chi connectivity index (χ1) is 27.6. The van der Waals surface area contributed by atoms with Crippen molar-refractivity contribution >= 4 is 35.3 Å². The maximum absolute atomic E-state index is 13.4. The van der Waals surface area contributed by atoms with Crippen molar-refractivity contribution in [2.75, 3.05) is 33.9 Å². The van der Waals surface area contributed by atoms with Gasteiger partial charge in [0.05, 0.1) is 26.2 Å². The van der Waals surface area contributed by atoms with Gasteiger partial charge in [-0.1, -0.05) is 89.9 Å². The lowest BCUT2D eigenvalue weighted by Crippen LogP contribution is -2.52. The number of amides is 1. The number of carboxylic acid groups (broad SMARTS) is 1. The van der Waals surface area contributed by atoms with Crippen molar-refractivity contribution in [1.82, 2.24) is 10.2 Å². The molecule has 57 heavy (non-hydrogen) atoms. The lowest BCUT2D eigenvalue weighted by molar-refractivity contribution is -0.904. The van der Waals surface area contributed by atoms with Gasteiger partial charge in [-0.25, -0.2) is 4.79 Å². The van der Waals surface area contributed by atoms with Gasteiger partial charge >= 0.3 is 6.09 Å². The molecule has 3 fully saturated rings. The number of carbonyl (C=O) groups excluding carboxylic acids is 2. The molecular formula is C44H43Cl2N3O8. The number of aromatic carboxylic acids is 1. The highest BCUT2D eigenvalue weighted by atomic mass is 35.5. The first kappa shape index (κ1) is 39.7. The van der Waals surface area contributed by atoms with Crippen molar-refractivity contribution in [3.63, 3.8) is 0 Å². The van der Waals surface area contributed by atoms with E-state index in [1.807, 2.05) is 60.7 Å². The quantitative estimate of drug-likeness (QED) is 0.0922. The van der Waals surface area contributed by atoms with E-state index in [0.717, 1.165) is 48.3 Å². The molecular weight excluding hydrogens is 769 g/mol. The molecule has 13 heteroatoms. The van der Waals surface area contributed by atoms with Crippen LogP contribution < -0.4 is 29.4 Å². The number of fused-ring (bicyclic) bond motifs is 3. The van der Waals surface area contributed by atoms with E-state index in [1.54, 1.807) is 24.3 Å². The molecule has 4 aromatic carbocycles. The minimum atomic E-state index is -1.36. The zero-order valence-electron chi connectivity index (χ0n) is 31.5. The van der Waals surface area contributed by atoms with Gasteiger partial charge in [0, 0.05) is 28.3 Å². The molecule has 0 saturated carbocycles. The number of benzene rings is 4. The third kappa shape index (κ3) is 9.23. The smallest absolute Gasteiger partial charge is 0.408 e. The molecule has 3 saturated heterocycles. The number of carbonyl (C=O) groups is 2. The van der Waals surface area contributed by atoms with E-state index in [1.165, 1.54) is 32.7 Å². The Morgan fingerprint density at radius 1 is 0.877 bits per heavy atom. The molecule has 0 aliphatic carbocycles. The second kappa shape index (κ2) is 17.8. The third-order valence-corrected chi connectivity index (χ3v) is 11.5. The molecule has 296 valence electrons. The van der Waals surface area contributed by atoms with E-state index in [-0.39, 0.29) is 34.7 Å². The number of alkyl carbamates (subject to hydrolysis) is 1.